The minimum absolute atomic E-state index is 0.175. The zero-order valence-corrected chi connectivity index (χ0v) is 18.2. The second-order valence-electron chi connectivity index (χ2n) is 6.66. The summed E-state index contributed by atoms with van der Waals surface area (Å²) in [4.78, 5) is 23.8. The molecule has 1 heterocycles. The lowest BCUT2D eigenvalue weighted by atomic mass is 10.2. The molecule has 0 fully saturated rings. The van der Waals surface area contributed by atoms with Crippen LogP contribution >= 0.6 is 23.4 Å². The van der Waals surface area contributed by atoms with E-state index in [4.69, 9.17) is 17.3 Å². The van der Waals surface area contributed by atoms with Gasteiger partial charge in [-0.1, -0.05) is 30.3 Å². The van der Waals surface area contributed by atoms with E-state index in [1.807, 2.05) is 35.8 Å². The SMILES string of the molecule is CCCn1c(S[C@H](C)C(=O)Nc2ccc(C(N)=O)cc2)nnc1-c1ccc(Cl)cc1. The third kappa shape index (κ3) is 5.20. The Balaban J connectivity index is 1.73. The summed E-state index contributed by atoms with van der Waals surface area (Å²) in [5.41, 5.74) is 7.13. The fourth-order valence-corrected chi connectivity index (χ4v) is 3.79. The molecular formula is C21H22ClN5O2S. The predicted octanol–water partition coefficient (Wildman–Crippen LogP) is 4.23. The molecule has 0 aliphatic carbocycles. The van der Waals surface area contributed by atoms with Gasteiger partial charge in [0.2, 0.25) is 11.8 Å². The summed E-state index contributed by atoms with van der Waals surface area (Å²) in [5.74, 6) is 0.0557. The van der Waals surface area contributed by atoms with Crippen molar-refractivity contribution in [2.24, 2.45) is 5.73 Å². The summed E-state index contributed by atoms with van der Waals surface area (Å²) in [6, 6.07) is 13.9. The van der Waals surface area contributed by atoms with Crippen molar-refractivity contribution in [2.75, 3.05) is 5.32 Å². The van der Waals surface area contributed by atoms with Crippen LogP contribution in [-0.4, -0.2) is 31.8 Å². The molecule has 1 atom stereocenters. The number of carbonyl (C=O) groups excluding carboxylic acids is 2. The number of nitrogens with two attached hydrogens (primary N) is 1. The number of aromatic nitrogens is 3. The van der Waals surface area contributed by atoms with Crippen molar-refractivity contribution in [3.63, 3.8) is 0 Å². The van der Waals surface area contributed by atoms with Gasteiger partial charge in [0.1, 0.15) is 0 Å². The van der Waals surface area contributed by atoms with Crippen LogP contribution in [0.1, 0.15) is 30.6 Å². The molecule has 3 N–H and O–H groups in total. The third-order valence-electron chi connectivity index (χ3n) is 4.35. The molecule has 3 rings (SSSR count). The lowest BCUT2D eigenvalue weighted by Gasteiger charge is -2.13. The minimum Gasteiger partial charge on any atom is -0.366 e. The zero-order chi connectivity index (χ0) is 21.7. The largest absolute Gasteiger partial charge is 0.366 e. The number of carbonyl (C=O) groups is 2. The topological polar surface area (TPSA) is 103 Å². The van der Waals surface area contributed by atoms with Gasteiger partial charge >= 0.3 is 0 Å². The molecule has 0 saturated carbocycles. The van der Waals surface area contributed by atoms with Crippen molar-refractivity contribution in [3.05, 3.63) is 59.1 Å². The normalized spacial score (nSPS) is 11.8. The summed E-state index contributed by atoms with van der Waals surface area (Å²) in [6.45, 7) is 4.62. The number of hydrogen-bond donors (Lipinski definition) is 2. The molecule has 0 bridgehead atoms. The van der Waals surface area contributed by atoms with Crippen LogP contribution in [0.5, 0.6) is 0 Å². The highest BCUT2D eigenvalue weighted by Gasteiger charge is 2.21. The second-order valence-corrected chi connectivity index (χ2v) is 8.40. The molecule has 3 aromatic rings. The van der Waals surface area contributed by atoms with Crippen LogP contribution in [-0.2, 0) is 11.3 Å². The number of halogens is 1. The van der Waals surface area contributed by atoms with E-state index in [0.717, 1.165) is 24.4 Å². The van der Waals surface area contributed by atoms with Gasteiger partial charge in [-0.3, -0.25) is 9.59 Å². The zero-order valence-electron chi connectivity index (χ0n) is 16.6. The van der Waals surface area contributed by atoms with Gasteiger partial charge in [0.05, 0.1) is 5.25 Å². The van der Waals surface area contributed by atoms with Gasteiger partial charge in [-0.2, -0.15) is 0 Å². The number of benzene rings is 2. The van der Waals surface area contributed by atoms with E-state index in [-0.39, 0.29) is 5.91 Å². The van der Waals surface area contributed by atoms with E-state index in [1.165, 1.54) is 11.8 Å². The van der Waals surface area contributed by atoms with E-state index in [1.54, 1.807) is 24.3 Å². The van der Waals surface area contributed by atoms with Crippen LogP contribution in [0.15, 0.2) is 53.7 Å². The second kappa shape index (κ2) is 9.77. The van der Waals surface area contributed by atoms with E-state index in [2.05, 4.69) is 22.4 Å². The van der Waals surface area contributed by atoms with Crippen molar-refractivity contribution in [1.82, 2.24) is 14.8 Å². The quantitative estimate of drug-likeness (QED) is 0.507. The molecule has 30 heavy (non-hydrogen) atoms. The number of amides is 2. The van der Waals surface area contributed by atoms with Crippen LogP contribution in [0.3, 0.4) is 0 Å². The summed E-state index contributed by atoms with van der Waals surface area (Å²) in [6.07, 6.45) is 0.902. The van der Waals surface area contributed by atoms with Crippen molar-refractivity contribution >= 4 is 40.9 Å². The van der Waals surface area contributed by atoms with Crippen molar-refractivity contribution in [3.8, 4) is 11.4 Å². The van der Waals surface area contributed by atoms with E-state index >= 15 is 0 Å². The van der Waals surface area contributed by atoms with Crippen LogP contribution in [0, 0.1) is 0 Å². The Morgan fingerprint density at radius 1 is 1.13 bits per heavy atom. The summed E-state index contributed by atoms with van der Waals surface area (Å²) in [5, 5.41) is 12.4. The van der Waals surface area contributed by atoms with Gasteiger partial charge < -0.3 is 15.6 Å². The summed E-state index contributed by atoms with van der Waals surface area (Å²) < 4.78 is 2.01. The van der Waals surface area contributed by atoms with E-state index in [0.29, 0.717) is 21.4 Å². The fraction of sp³-hybridized carbons (Fsp3) is 0.238. The number of nitrogens with one attached hydrogen (secondary N) is 1. The minimum atomic E-state index is -0.511. The molecular weight excluding hydrogens is 422 g/mol. The fourth-order valence-electron chi connectivity index (χ4n) is 2.79. The summed E-state index contributed by atoms with van der Waals surface area (Å²) in [7, 11) is 0. The molecule has 0 aliphatic heterocycles. The first-order chi connectivity index (χ1) is 14.4. The van der Waals surface area contributed by atoms with Gasteiger partial charge in [0, 0.05) is 28.4 Å². The average Bonchev–Trinajstić information content (AvgIpc) is 3.11. The first-order valence-corrected chi connectivity index (χ1v) is 10.7. The van der Waals surface area contributed by atoms with Gasteiger partial charge in [0.25, 0.3) is 0 Å². The standard InChI is InChI=1S/C21H22ClN5O2S/c1-3-12-27-19(15-4-8-16(22)9-5-15)25-26-21(27)30-13(2)20(29)24-17-10-6-14(7-11-17)18(23)28/h4-11,13H,3,12H2,1-2H3,(H2,23,28)(H,24,29)/t13-/m1/s1. The molecule has 0 spiro atoms. The molecule has 1 aromatic heterocycles. The van der Waals surface area contributed by atoms with E-state index < -0.39 is 11.2 Å². The van der Waals surface area contributed by atoms with Crippen LogP contribution in [0.25, 0.3) is 11.4 Å². The number of rotatable bonds is 8. The highest BCUT2D eigenvalue weighted by molar-refractivity contribution is 8.00. The molecule has 0 aliphatic rings. The maximum absolute atomic E-state index is 12.6. The lowest BCUT2D eigenvalue weighted by Crippen LogP contribution is -2.23. The molecule has 2 aromatic carbocycles. The lowest BCUT2D eigenvalue weighted by molar-refractivity contribution is -0.115. The number of nitrogens with zero attached hydrogens (tertiary/aromatic N) is 3. The maximum atomic E-state index is 12.6. The molecule has 7 nitrogen and oxygen atoms in total. The first-order valence-electron chi connectivity index (χ1n) is 9.45. The van der Waals surface area contributed by atoms with Crippen molar-refractivity contribution in [1.29, 1.82) is 0 Å². The summed E-state index contributed by atoms with van der Waals surface area (Å²) >= 11 is 7.33. The van der Waals surface area contributed by atoms with Gasteiger partial charge in [-0.15, -0.1) is 10.2 Å². The molecule has 2 amide bonds. The Morgan fingerprint density at radius 3 is 2.40 bits per heavy atom. The Labute approximate surface area is 184 Å². The highest BCUT2D eigenvalue weighted by Crippen LogP contribution is 2.28. The Hall–Kier alpha value is -2.84. The first kappa shape index (κ1) is 21.9. The van der Waals surface area contributed by atoms with Crippen molar-refractivity contribution in [2.45, 2.75) is 37.2 Å². The van der Waals surface area contributed by atoms with Gasteiger partial charge in [-0.05, 0) is 61.9 Å². The smallest absolute Gasteiger partial charge is 0.248 e. The molecule has 0 saturated heterocycles. The van der Waals surface area contributed by atoms with Crippen LogP contribution in [0.2, 0.25) is 5.02 Å². The monoisotopic (exact) mass is 443 g/mol. The molecule has 9 heteroatoms. The Morgan fingerprint density at radius 2 is 1.80 bits per heavy atom. The van der Waals surface area contributed by atoms with Crippen LogP contribution < -0.4 is 11.1 Å². The van der Waals surface area contributed by atoms with Gasteiger partial charge in [0.15, 0.2) is 11.0 Å². The van der Waals surface area contributed by atoms with Crippen LogP contribution in [0.4, 0.5) is 5.69 Å². The number of thioether (sulfide) groups is 1. The average molecular weight is 444 g/mol. The predicted molar refractivity (Wildman–Crippen MR) is 120 cm³/mol. The Kier molecular flexibility index (Phi) is 7.12. The third-order valence-corrected chi connectivity index (χ3v) is 5.69. The van der Waals surface area contributed by atoms with Gasteiger partial charge in [-0.25, -0.2) is 0 Å². The van der Waals surface area contributed by atoms with E-state index in [9.17, 15) is 9.59 Å². The molecule has 0 unspecified atom stereocenters. The molecule has 156 valence electrons. The highest BCUT2D eigenvalue weighted by atomic mass is 35.5. The number of hydrogen-bond acceptors (Lipinski definition) is 5. The maximum Gasteiger partial charge on any atom is 0.248 e. The molecule has 0 radical (unpaired) electrons. The Bertz CT molecular complexity index is 1030. The number of anilines is 1. The van der Waals surface area contributed by atoms with Crippen molar-refractivity contribution < 1.29 is 9.59 Å². The number of primary amides is 1.